The maximum absolute atomic E-state index is 11.3. The summed E-state index contributed by atoms with van der Waals surface area (Å²) in [6.45, 7) is 0. The van der Waals surface area contributed by atoms with Gasteiger partial charge in [0.2, 0.25) is 5.54 Å². The van der Waals surface area contributed by atoms with E-state index in [1.807, 2.05) is 24.3 Å². The number of methoxy groups -OCH3 is 1. The van der Waals surface area contributed by atoms with Crippen molar-refractivity contribution in [3.63, 3.8) is 0 Å². The van der Waals surface area contributed by atoms with Crippen LogP contribution in [0.25, 0.3) is 0 Å². The van der Waals surface area contributed by atoms with E-state index in [-0.39, 0.29) is 17.8 Å². The van der Waals surface area contributed by atoms with Crippen LogP contribution < -0.4 is 0 Å². The molecule has 0 atom stereocenters. The van der Waals surface area contributed by atoms with Gasteiger partial charge in [-0.25, -0.2) is 0 Å². The average Bonchev–Trinajstić information content (AvgIpc) is 2.75. The summed E-state index contributed by atoms with van der Waals surface area (Å²) < 4.78 is 4.55. The van der Waals surface area contributed by atoms with Crippen molar-refractivity contribution in [2.75, 3.05) is 7.11 Å². The highest BCUT2D eigenvalue weighted by atomic mass is 16.6. The van der Waals surface area contributed by atoms with Gasteiger partial charge in [0.15, 0.2) is 0 Å². The van der Waals surface area contributed by atoms with E-state index in [1.54, 1.807) is 0 Å². The van der Waals surface area contributed by atoms with Gasteiger partial charge in [-0.2, -0.15) is 0 Å². The van der Waals surface area contributed by atoms with Gasteiger partial charge in [0.25, 0.3) is 0 Å². The lowest BCUT2D eigenvalue weighted by molar-refractivity contribution is -0.568. The Labute approximate surface area is 105 Å². The number of nitro groups is 1. The lowest BCUT2D eigenvalue weighted by atomic mass is 9.91. The van der Waals surface area contributed by atoms with Gasteiger partial charge in [0, 0.05) is 24.2 Å². The van der Waals surface area contributed by atoms with Crippen LogP contribution in [0, 0.1) is 10.1 Å². The molecule has 96 valence electrons. The quantitative estimate of drug-likeness (QED) is 0.463. The Morgan fingerprint density at radius 2 is 1.94 bits per heavy atom. The predicted molar refractivity (Wildman–Crippen MR) is 64.8 cm³/mol. The third-order valence-electron chi connectivity index (χ3n) is 3.57. The zero-order valence-electron chi connectivity index (χ0n) is 10.2. The molecule has 0 saturated heterocycles. The van der Waals surface area contributed by atoms with Crippen LogP contribution in [0.15, 0.2) is 24.3 Å². The monoisotopic (exact) mass is 249 g/mol. The lowest BCUT2D eigenvalue weighted by Gasteiger charge is -2.19. The molecule has 1 aliphatic rings. The molecular weight excluding hydrogens is 234 g/mol. The summed E-state index contributed by atoms with van der Waals surface area (Å²) in [6.07, 6.45) is 1.10. The van der Waals surface area contributed by atoms with Crippen molar-refractivity contribution in [3.8, 4) is 0 Å². The Balaban J connectivity index is 2.17. The third-order valence-corrected chi connectivity index (χ3v) is 3.57. The maximum atomic E-state index is 11.3. The van der Waals surface area contributed by atoms with E-state index in [2.05, 4.69) is 4.74 Å². The van der Waals surface area contributed by atoms with E-state index in [0.29, 0.717) is 12.8 Å². The van der Waals surface area contributed by atoms with Gasteiger partial charge >= 0.3 is 5.97 Å². The molecule has 1 aromatic rings. The number of esters is 1. The SMILES string of the molecule is COC(=O)CCC1([N+](=O)[O-])Cc2ccccc2C1. The summed E-state index contributed by atoms with van der Waals surface area (Å²) in [6, 6.07) is 7.60. The maximum Gasteiger partial charge on any atom is 0.305 e. The van der Waals surface area contributed by atoms with Crippen molar-refractivity contribution in [2.45, 2.75) is 31.2 Å². The highest BCUT2D eigenvalue weighted by Crippen LogP contribution is 2.35. The fraction of sp³-hybridized carbons (Fsp3) is 0.462. The Kier molecular flexibility index (Phi) is 3.32. The molecule has 0 amide bonds. The van der Waals surface area contributed by atoms with Crippen molar-refractivity contribution in [2.24, 2.45) is 0 Å². The minimum absolute atomic E-state index is 0.0888. The van der Waals surface area contributed by atoms with Crippen molar-refractivity contribution >= 4 is 5.97 Å². The highest BCUT2D eigenvalue weighted by molar-refractivity contribution is 5.69. The highest BCUT2D eigenvalue weighted by Gasteiger charge is 2.48. The fourth-order valence-corrected chi connectivity index (χ4v) is 2.51. The summed E-state index contributed by atoms with van der Waals surface area (Å²) in [7, 11) is 1.30. The lowest BCUT2D eigenvalue weighted by Crippen LogP contribution is -2.39. The number of benzene rings is 1. The first kappa shape index (κ1) is 12.5. The van der Waals surface area contributed by atoms with Crippen molar-refractivity contribution in [1.29, 1.82) is 0 Å². The molecule has 0 saturated carbocycles. The minimum atomic E-state index is -1.04. The number of rotatable bonds is 4. The first-order valence-electron chi connectivity index (χ1n) is 5.85. The minimum Gasteiger partial charge on any atom is -0.469 e. The van der Waals surface area contributed by atoms with Crippen molar-refractivity contribution in [1.82, 2.24) is 0 Å². The number of nitrogens with zero attached hydrogens (tertiary/aromatic N) is 1. The van der Waals surface area contributed by atoms with E-state index in [4.69, 9.17) is 0 Å². The first-order valence-corrected chi connectivity index (χ1v) is 5.85. The molecule has 5 heteroatoms. The van der Waals surface area contributed by atoms with Crippen LogP contribution in [0.5, 0.6) is 0 Å². The van der Waals surface area contributed by atoms with Gasteiger partial charge in [-0.15, -0.1) is 0 Å². The number of fused-ring (bicyclic) bond motifs is 1. The molecule has 1 aliphatic carbocycles. The average molecular weight is 249 g/mol. The van der Waals surface area contributed by atoms with E-state index in [9.17, 15) is 14.9 Å². The number of hydrogen-bond donors (Lipinski definition) is 0. The van der Waals surface area contributed by atoms with Gasteiger partial charge in [0.1, 0.15) is 0 Å². The summed E-state index contributed by atoms with van der Waals surface area (Å²) in [5.74, 6) is -0.396. The number of hydrogen-bond acceptors (Lipinski definition) is 4. The van der Waals surface area contributed by atoms with Gasteiger partial charge in [-0.05, 0) is 11.1 Å². The molecule has 1 aromatic carbocycles. The van der Waals surface area contributed by atoms with Crippen LogP contribution >= 0.6 is 0 Å². The second-order valence-electron chi connectivity index (χ2n) is 4.68. The van der Waals surface area contributed by atoms with E-state index in [0.717, 1.165) is 11.1 Å². The third kappa shape index (κ3) is 2.20. The van der Waals surface area contributed by atoms with E-state index < -0.39 is 11.5 Å². The fourth-order valence-electron chi connectivity index (χ4n) is 2.51. The summed E-state index contributed by atoms with van der Waals surface area (Å²) in [5, 5.41) is 11.3. The smallest absolute Gasteiger partial charge is 0.305 e. The summed E-state index contributed by atoms with van der Waals surface area (Å²) in [4.78, 5) is 22.3. The Morgan fingerprint density at radius 1 is 1.39 bits per heavy atom. The van der Waals surface area contributed by atoms with Gasteiger partial charge in [-0.1, -0.05) is 24.3 Å². The molecule has 0 aliphatic heterocycles. The van der Waals surface area contributed by atoms with Gasteiger partial charge < -0.3 is 4.74 Å². The van der Waals surface area contributed by atoms with Gasteiger partial charge in [-0.3, -0.25) is 14.9 Å². The van der Waals surface area contributed by atoms with Crippen LogP contribution in [-0.4, -0.2) is 23.5 Å². The molecule has 5 nitrogen and oxygen atoms in total. The Hall–Kier alpha value is -1.91. The molecule has 0 aromatic heterocycles. The molecule has 2 rings (SSSR count). The summed E-state index contributed by atoms with van der Waals surface area (Å²) in [5.41, 5.74) is 0.982. The molecular formula is C13H15NO4. The Bertz CT molecular complexity index is 459. The molecule has 18 heavy (non-hydrogen) atoms. The molecule has 0 fully saturated rings. The van der Waals surface area contributed by atoms with Crippen LogP contribution in [-0.2, 0) is 22.4 Å². The standard InChI is InChI=1S/C13H15NO4/c1-18-12(15)6-7-13(14(16)17)8-10-4-2-3-5-11(10)9-13/h2-5H,6-9H2,1H3. The van der Waals surface area contributed by atoms with Gasteiger partial charge in [0.05, 0.1) is 13.5 Å². The molecule has 0 spiro atoms. The van der Waals surface area contributed by atoms with Crippen LogP contribution in [0.3, 0.4) is 0 Å². The largest absolute Gasteiger partial charge is 0.469 e. The van der Waals surface area contributed by atoms with E-state index in [1.165, 1.54) is 7.11 Å². The van der Waals surface area contributed by atoms with Crippen LogP contribution in [0.2, 0.25) is 0 Å². The van der Waals surface area contributed by atoms with Crippen LogP contribution in [0.4, 0.5) is 0 Å². The molecule has 0 bridgehead atoms. The molecule has 0 N–H and O–H groups in total. The van der Waals surface area contributed by atoms with Crippen LogP contribution in [0.1, 0.15) is 24.0 Å². The number of ether oxygens (including phenoxy) is 1. The molecule has 0 radical (unpaired) electrons. The normalized spacial score (nSPS) is 16.1. The predicted octanol–water partition coefficient (Wildman–Crippen LogP) is 1.75. The first-order chi connectivity index (χ1) is 8.57. The zero-order valence-corrected chi connectivity index (χ0v) is 10.2. The number of carbonyl (C=O) groups is 1. The van der Waals surface area contributed by atoms with E-state index >= 15 is 0 Å². The second-order valence-corrected chi connectivity index (χ2v) is 4.68. The van der Waals surface area contributed by atoms with Crippen molar-refractivity contribution in [3.05, 3.63) is 45.5 Å². The summed E-state index contributed by atoms with van der Waals surface area (Å²) >= 11 is 0. The second kappa shape index (κ2) is 4.76. The molecule has 0 heterocycles. The van der Waals surface area contributed by atoms with Crippen molar-refractivity contribution < 1.29 is 14.5 Å². The zero-order chi connectivity index (χ0) is 13.2. The molecule has 0 unspecified atom stereocenters. The topological polar surface area (TPSA) is 69.4 Å². The number of carbonyl (C=O) groups excluding carboxylic acids is 1. The Morgan fingerprint density at radius 3 is 2.39 bits per heavy atom.